The first-order chi connectivity index (χ1) is 10.2. The summed E-state index contributed by atoms with van der Waals surface area (Å²) in [5.74, 6) is 0. The summed E-state index contributed by atoms with van der Waals surface area (Å²) < 4.78 is 0. The van der Waals surface area contributed by atoms with Crippen LogP contribution in [0.3, 0.4) is 0 Å². The molecule has 0 unspecified atom stereocenters. The lowest BCUT2D eigenvalue weighted by Gasteiger charge is -2.39. The summed E-state index contributed by atoms with van der Waals surface area (Å²) in [5.41, 5.74) is 8.75. The predicted molar refractivity (Wildman–Crippen MR) is 94.3 cm³/mol. The quantitative estimate of drug-likeness (QED) is 0.523. The lowest BCUT2D eigenvalue weighted by molar-refractivity contribution is 0.669. The molecule has 0 aromatic heterocycles. The molecule has 0 aliphatic heterocycles. The van der Waals surface area contributed by atoms with Crippen LogP contribution in [0.15, 0.2) is 46.6 Å². The molecule has 0 amide bonds. The van der Waals surface area contributed by atoms with Crippen LogP contribution in [0.5, 0.6) is 0 Å². The molecule has 4 aliphatic rings. The van der Waals surface area contributed by atoms with Crippen molar-refractivity contribution in [2.45, 2.75) is 75.5 Å². The fourth-order valence-electron chi connectivity index (χ4n) is 5.24. The zero-order valence-corrected chi connectivity index (χ0v) is 14.6. The zero-order valence-electron chi connectivity index (χ0n) is 13.6. The van der Waals surface area contributed by atoms with E-state index in [0.29, 0.717) is 0 Å². The number of hydrogen-bond acceptors (Lipinski definition) is 0. The normalized spacial score (nSPS) is 31.9. The topological polar surface area (TPSA) is 0 Å². The molecule has 1 heteroatoms. The van der Waals surface area contributed by atoms with Crippen LogP contribution in [-0.2, 0) is 0 Å². The standard InChI is InChI=1S/C20H28Si/c1-21(2,19-13-11-15-7-3-5-9-17(15)19)20-14-12-16-8-4-6-10-18(16)20/h11-14,19-20H,3-10H2,1-2H3/t19-,20-/m0/s1. The van der Waals surface area contributed by atoms with E-state index in [4.69, 9.17) is 0 Å². The van der Waals surface area contributed by atoms with Crippen molar-refractivity contribution in [3.8, 4) is 0 Å². The monoisotopic (exact) mass is 296 g/mol. The summed E-state index contributed by atoms with van der Waals surface area (Å²) in [5, 5.41) is 0. The Hall–Kier alpha value is -0.823. The van der Waals surface area contributed by atoms with Crippen molar-refractivity contribution in [3.63, 3.8) is 0 Å². The number of allylic oxidation sites excluding steroid dienone is 8. The minimum Gasteiger partial charge on any atom is -0.0797 e. The second-order valence-corrected chi connectivity index (χ2v) is 12.9. The summed E-state index contributed by atoms with van der Waals surface area (Å²) in [6, 6.07) is 0. The summed E-state index contributed by atoms with van der Waals surface area (Å²) in [4.78, 5) is 0. The summed E-state index contributed by atoms with van der Waals surface area (Å²) in [6.07, 6.45) is 21.3. The van der Waals surface area contributed by atoms with Gasteiger partial charge in [0.1, 0.15) is 0 Å². The Bertz CT molecular complexity index is 521. The lowest BCUT2D eigenvalue weighted by atomic mass is 9.93. The second-order valence-electron chi connectivity index (χ2n) is 8.01. The van der Waals surface area contributed by atoms with Crippen LogP contribution in [0.4, 0.5) is 0 Å². The van der Waals surface area contributed by atoms with E-state index in [2.05, 4.69) is 37.4 Å². The molecule has 0 nitrogen and oxygen atoms in total. The van der Waals surface area contributed by atoms with E-state index >= 15 is 0 Å². The average Bonchev–Trinajstić information content (AvgIpc) is 3.12. The van der Waals surface area contributed by atoms with E-state index in [0.717, 1.165) is 11.1 Å². The Morgan fingerprint density at radius 2 is 1.14 bits per heavy atom. The molecule has 112 valence electrons. The van der Waals surface area contributed by atoms with Gasteiger partial charge in [-0.3, -0.25) is 0 Å². The van der Waals surface area contributed by atoms with Crippen LogP contribution < -0.4 is 0 Å². The largest absolute Gasteiger partial charge is 0.0797 e. The van der Waals surface area contributed by atoms with Crippen molar-refractivity contribution in [2.75, 3.05) is 0 Å². The second kappa shape index (κ2) is 5.12. The Balaban J connectivity index is 1.65. The minimum absolute atomic E-state index is 0.816. The van der Waals surface area contributed by atoms with Gasteiger partial charge in [-0.1, -0.05) is 48.5 Å². The van der Waals surface area contributed by atoms with Gasteiger partial charge in [0.2, 0.25) is 0 Å². The van der Waals surface area contributed by atoms with Gasteiger partial charge in [-0.25, -0.2) is 0 Å². The SMILES string of the molecule is C[Si](C)([C@H]1C=CC2=C1CCCC2)[C@H]1C=CC2=C1CCCC2. The van der Waals surface area contributed by atoms with E-state index in [1.807, 2.05) is 11.1 Å². The third-order valence-corrected chi connectivity index (χ3v) is 10.7. The molecule has 2 atom stereocenters. The maximum absolute atomic E-state index is 2.66. The Kier molecular flexibility index (Phi) is 3.37. The third kappa shape index (κ3) is 2.16. The highest BCUT2D eigenvalue weighted by molar-refractivity contribution is 6.82. The highest BCUT2D eigenvalue weighted by Crippen LogP contribution is 2.53. The van der Waals surface area contributed by atoms with Crippen LogP contribution in [0.2, 0.25) is 24.2 Å². The Morgan fingerprint density at radius 1 is 0.714 bits per heavy atom. The van der Waals surface area contributed by atoms with Crippen LogP contribution >= 0.6 is 0 Å². The lowest BCUT2D eigenvalue weighted by Crippen LogP contribution is -2.38. The van der Waals surface area contributed by atoms with E-state index in [1.54, 1.807) is 11.1 Å². The summed E-state index contributed by atoms with van der Waals surface area (Å²) >= 11 is 0. The van der Waals surface area contributed by atoms with E-state index in [9.17, 15) is 0 Å². The first-order valence-corrected chi connectivity index (χ1v) is 12.1. The molecule has 0 N–H and O–H groups in total. The molecule has 0 saturated carbocycles. The van der Waals surface area contributed by atoms with E-state index < -0.39 is 8.07 Å². The Morgan fingerprint density at radius 3 is 1.62 bits per heavy atom. The van der Waals surface area contributed by atoms with E-state index in [-0.39, 0.29) is 0 Å². The molecule has 4 rings (SSSR count). The maximum atomic E-state index is 2.66. The van der Waals surface area contributed by atoms with Crippen LogP contribution in [0, 0.1) is 0 Å². The maximum Gasteiger partial charge on any atom is 0.0706 e. The van der Waals surface area contributed by atoms with Gasteiger partial charge in [-0.2, -0.15) is 0 Å². The molecule has 0 radical (unpaired) electrons. The third-order valence-electron chi connectivity index (χ3n) is 6.44. The average molecular weight is 297 g/mol. The van der Waals surface area contributed by atoms with Crippen LogP contribution in [0.1, 0.15) is 51.4 Å². The van der Waals surface area contributed by atoms with Crippen molar-refractivity contribution in [1.29, 1.82) is 0 Å². The summed E-state index contributed by atoms with van der Waals surface area (Å²) in [7, 11) is -1.34. The minimum atomic E-state index is -1.34. The molecule has 0 spiro atoms. The van der Waals surface area contributed by atoms with Gasteiger partial charge in [0.15, 0.2) is 0 Å². The predicted octanol–water partition coefficient (Wildman–Crippen LogP) is 6.32. The van der Waals surface area contributed by atoms with Gasteiger partial charge in [-0.05, 0) is 73.6 Å². The highest BCUT2D eigenvalue weighted by Gasteiger charge is 2.44. The molecule has 0 bridgehead atoms. The van der Waals surface area contributed by atoms with Crippen molar-refractivity contribution >= 4 is 8.07 Å². The van der Waals surface area contributed by atoms with Crippen molar-refractivity contribution < 1.29 is 0 Å². The summed E-state index contributed by atoms with van der Waals surface area (Å²) in [6.45, 7) is 5.32. The van der Waals surface area contributed by atoms with Gasteiger partial charge in [0, 0.05) is 0 Å². The van der Waals surface area contributed by atoms with Crippen LogP contribution in [0.25, 0.3) is 0 Å². The smallest absolute Gasteiger partial charge is 0.0706 e. The van der Waals surface area contributed by atoms with Crippen molar-refractivity contribution in [3.05, 3.63) is 46.6 Å². The van der Waals surface area contributed by atoms with Gasteiger partial charge >= 0.3 is 0 Å². The van der Waals surface area contributed by atoms with Gasteiger partial charge < -0.3 is 0 Å². The number of rotatable bonds is 2. The van der Waals surface area contributed by atoms with Gasteiger partial charge in [0.25, 0.3) is 0 Å². The highest BCUT2D eigenvalue weighted by atomic mass is 28.3. The fraction of sp³-hybridized carbons (Fsp3) is 0.600. The molecular weight excluding hydrogens is 268 g/mol. The molecule has 0 heterocycles. The molecule has 0 aromatic carbocycles. The number of hydrogen-bond donors (Lipinski definition) is 0. The van der Waals surface area contributed by atoms with Gasteiger partial charge in [-0.15, -0.1) is 0 Å². The van der Waals surface area contributed by atoms with Crippen LogP contribution in [-0.4, -0.2) is 8.07 Å². The first-order valence-electron chi connectivity index (χ1n) is 8.98. The van der Waals surface area contributed by atoms with E-state index in [1.165, 1.54) is 51.4 Å². The molecule has 0 aromatic rings. The molecule has 0 saturated heterocycles. The van der Waals surface area contributed by atoms with Crippen molar-refractivity contribution in [1.82, 2.24) is 0 Å². The first kappa shape index (κ1) is 13.8. The molecule has 0 fully saturated rings. The molecule has 4 aliphatic carbocycles. The molecular formula is C20H28Si. The van der Waals surface area contributed by atoms with Crippen molar-refractivity contribution in [2.24, 2.45) is 0 Å². The molecule has 21 heavy (non-hydrogen) atoms. The Labute approximate surface area is 130 Å². The van der Waals surface area contributed by atoms with Gasteiger partial charge in [0.05, 0.1) is 8.07 Å². The fourth-order valence-corrected chi connectivity index (χ4v) is 9.27. The zero-order chi connectivity index (χ0) is 14.4.